The number of aryl methyl sites for hydroxylation is 1. The minimum absolute atomic E-state index is 0.0486. The summed E-state index contributed by atoms with van der Waals surface area (Å²) < 4.78 is 5.41. The zero-order valence-electron chi connectivity index (χ0n) is 10.4. The highest BCUT2D eigenvalue weighted by atomic mass is 16.6. The lowest BCUT2D eigenvalue weighted by Gasteiger charge is -2.08. The lowest BCUT2D eigenvalue weighted by Crippen LogP contribution is -2.00. The number of hydrogen-bond acceptors (Lipinski definition) is 5. The fraction of sp³-hybridized carbons (Fsp3) is 0.0769. The fourth-order valence-electron chi connectivity index (χ4n) is 1.66. The Balaban J connectivity index is 2.34. The molecule has 7 heteroatoms. The first-order chi connectivity index (χ1) is 9.49. The van der Waals surface area contributed by atoms with Crippen LogP contribution in [0.5, 0.6) is 11.5 Å². The smallest absolute Gasteiger partial charge is 0.335 e. The quantitative estimate of drug-likeness (QED) is 0.679. The van der Waals surface area contributed by atoms with Crippen molar-refractivity contribution in [3.8, 4) is 11.5 Å². The average molecular weight is 274 g/mol. The van der Waals surface area contributed by atoms with Crippen LogP contribution in [0, 0.1) is 17.0 Å². The third-order valence-electron chi connectivity index (χ3n) is 2.61. The number of rotatable bonds is 4. The van der Waals surface area contributed by atoms with Crippen LogP contribution in [-0.2, 0) is 0 Å². The third kappa shape index (κ3) is 2.72. The van der Waals surface area contributed by atoms with Crippen LogP contribution in [0.1, 0.15) is 15.9 Å². The molecular weight excluding hydrogens is 264 g/mol. The molecule has 2 rings (SSSR count). The van der Waals surface area contributed by atoms with Crippen LogP contribution in [0.15, 0.2) is 36.7 Å². The number of nitrogens with zero attached hydrogens (tertiary/aromatic N) is 2. The number of nitro groups is 1. The summed E-state index contributed by atoms with van der Waals surface area (Å²) in [6.45, 7) is 1.62. The molecule has 0 bridgehead atoms. The highest BCUT2D eigenvalue weighted by molar-refractivity contribution is 5.89. The minimum Gasteiger partial charge on any atom is -0.478 e. The molecule has 1 heterocycles. The van der Waals surface area contributed by atoms with Gasteiger partial charge in [-0.2, -0.15) is 0 Å². The van der Waals surface area contributed by atoms with Crippen LogP contribution in [-0.4, -0.2) is 21.0 Å². The predicted molar refractivity (Wildman–Crippen MR) is 69.1 cm³/mol. The molecule has 7 nitrogen and oxygen atoms in total. The maximum absolute atomic E-state index is 10.9. The molecule has 0 unspecified atom stereocenters. The molecule has 0 amide bonds. The molecular formula is C13H10N2O5. The van der Waals surface area contributed by atoms with E-state index in [0.717, 1.165) is 6.20 Å². The second-order valence-electron chi connectivity index (χ2n) is 3.98. The highest BCUT2D eigenvalue weighted by Gasteiger charge is 2.16. The van der Waals surface area contributed by atoms with Gasteiger partial charge in [0, 0.05) is 12.3 Å². The van der Waals surface area contributed by atoms with Crippen LogP contribution in [0.3, 0.4) is 0 Å². The van der Waals surface area contributed by atoms with Crippen LogP contribution in [0.25, 0.3) is 0 Å². The lowest BCUT2D eigenvalue weighted by atomic mass is 10.1. The number of carboxylic acid groups (broad SMARTS) is 1. The Morgan fingerprint density at radius 3 is 2.75 bits per heavy atom. The summed E-state index contributed by atoms with van der Waals surface area (Å²) >= 11 is 0. The van der Waals surface area contributed by atoms with Crippen molar-refractivity contribution < 1.29 is 19.6 Å². The molecule has 0 aliphatic carbocycles. The molecule has 0 saturated heterocycles. The molecule has 1 N–H and O–H groups in total. The Hall–Kier alpha value is -2.96. The maximum Gasteiger partial charge on any atom is 0.335 e. The van der Waals surface area contributed by atoms with Crippen molar-refractivity contribution >= 4 is 11.7 Å². The van der Waals surface area contributed by atoms with Gasteiger partial charge in [0.25, 0.3) is 0 Å². The Kier molecular flexibility index (Phi) is 3.60. The number of ether oxygens (including phenoxy) is 1. The van der Waals surface area contributed by atoms with Gasteiger partial charge in [-0.3, -0.25) is 15.1 Å². The molecule has 0 saturated carbocycles. The Bertz CT molecular complexity index is 684. The summed E-state index contributed by atoms with van der Waals surface area (Å²) in [6.07, 6.45) is 2.47. The first-order valence-electron chi connectivity index (χ1n) is 5.59. The number of pyridine rings is 1. The van der Waals surface area contributed by atoms with Crippen molar-refractivity contribution in [2.24, 2.45) is 0 Å². The van der Waals surface area contributed by atoms with E-state index in [0.29, 0.717) is 11.3 Å². The van der Waals surface area contributed by atoms with Gasteiger partial charge in [-0.25, -0.2) is 4.79 Å². The zero-order chi connectivity index (χ0) is 14.7. The van der Waals surface area contributed by atoms with Crippen LogP contribution in [0.2, 0.25) is 0 Å². The molecule has 0 radical (unpaired) electrons. The Morgan fingerprint density at radius 1 is 1.40 bits per heavy atom. The third-order valence-corrected chi connectivity index (χ3v) is 2.61. The molecule has 0 atom stereocenters. The van der Waals surface area contributed by atoms with E-state index in [4.69, 9.17) is 9.84 Å². The van der Waals surface area contributed by atoms with Crippen molar-refractivity contribution in [1.82, 2.24) is 4.98 Å². The Morgan fingerprint density at radius 2 is 2.15 bits per heavy atom. The first-order valence-corrected chi connectivity index (χ1v) is 5.59. The van der Waals surface area contributed by atoms with E-state index in [1.54, 1.807) is 6.92 Å². The standard InChI is InChI=1S/C13H10N2O5/c1-8-6-9(2-3-10(8)13(16)17)20-12-4-5-14-7-11(12)15(18)19/h2-7H,1H3,(H,16,17). The normalized spacial score (nSPS) is 10.1. The van der Waals surface area contributed by atoms with Gasteiger partial charge in [-0.05, 0) is 30.7 Å². The minimum atomic E-state index is -1.04. The molecule has 0 aliphatic heterocycles. The van der Waals surface area contributed by atoms with Gasteiger partial charge < -0.3 is 9.84 Å². The maximum atomic E-state index is 10.9. The second kappa shape index (κ2) is 5.35. The van der Waals surface area contributed by atoms with Crippen LogP contribution < -0.4 is 4.74 Å². The van der Waals surface area contributed by atoms with E-state index < -0.39 is 10.9 Å². The second-order valence-corrected chi connectivity index (χ2v) is 3.98. The number of hydrogen-bond donors (Lipinski definition) is 1. The Labute approximate surface area is 113 Å². The fourth-order valence-corrected chi connectivity index (χ4v) is 1.66. The molecule has 102 valence electrons. The number of carbonyl (C=O) groups is 1. The molecule has 0 spiro atoms. The van der Waals surface area contributed by atoms with E-state index >= 15 is 0 Å². The van der Waals surface area contributed by atoms with E-state index in [-0.39, 0.29) is 17.0 Å². The molecule has 1 aromatic heterocycles. The first kappa shape index (κ1) is 13.5. The van der Waals surface area contributed by atoms with Crippen molar-refractivity contribution in [2.75, 3.05) is 0 Å². The summed E-state index contributed by atoms with van der Waals surface area (Å²) in [7, 11) is 0. The number of carboxylic acids is 1. The van der Waals surface area contributed by atoms with Gasteiger partial charge in [-0.1, -0.05) is 0 Å². The van der Waals surface area contributed by atoms with Crippen molar-refractivity contribution in [2.45, 2.75) is 6.92 Å². The van der Waals surface area contributed by atoms with Crippen molar-refractivity contribution in [3.63, 3.8) is 0 Å². The van der Waals surface area contributed by atoms with Gasteiger partial charge in [0.15, 0.2) is 0 Å². The predicted octanol–water partition coefficient (Wildman–Crippen LogP) is 2.79. The van der Waals surface area contributed by atoms with E-state index in [2.05, 4.69) is 4.98 Å². The van der Waals surface area contributed by atoms with Crippen LogP contribution in [0.4, 0.5) is 5.69 Å². The molecule has 20 heavy (non-hydrogen) atoms. The van der Waals surface area contributed by atoms with Gasteiger partial charge in [0.05, 0.1) is 10.5 Å². The van der Waals surface area contributed by atoms with E-state index in [1.807, 2.05) is 0 Å². The SMILES string of the molecule is Cc1cc(Oc2ccncc2[N+](=O)[O-])ccc1C(=O)O. The van der Waals surface area contributed by atoms with Crippen molar-refractivity contribution in [1.29, 1.82) is 0 Å². The molecule has 2 aromatic rings. The summed E-state index contributed by atoms with van der Waals surface area (Å²) in [6, 6.07) is 5.72. The van der Waals surface area contributed by atoms with Gasteiger partial charge in [0.2, 0.25) is 5.75 Å². The summed E-state index contributed by atoms with van der Waals surface area (Å²) in [5.74, 6) is -0.668. The highest BCUT2D eigenvalue weighted by Crippen LogP contribution is 2.30. The summed E-state index contributed by atoms with van der Waals surface area (Å²) in [5, 5.41) is 19.8. The summed E-state index contributed by atoms with van der Waals surface area (Å²) in [4.78, 5) is 24.8. The van der Waals surface area contributed by atoms with Crippen LogP contribution >= 0.6 is 0 Å². The number of aromatic carboxylic acids is 1. The number of aromatic nitrogens is 1. The van der Waals surface area contributed by atoms with Gasteiger partial charge in [0.1, 0.15) is 11.9 Å². The topological polar surface area (TPSA) is 103 Å². The molecule has 1 aromatic carbocycles. The zero-order valence-corrected chi connectivity index (χ0v) is 10.4. The van der Waals surface area contributed by atoms with Gasteiger partial charge >= 0.3 is 11.7 Å². The lowest BCUT2D eigenvalue weighted by molar-refractivity contribution is -0.386. The van der Waals surface area contributed by atoms with Gasteiger partial charge in [-0.15, -0.1) is 0 Å². The monoisotopic (exact) mass is 274 g/mol. The van der Waals surface area contributed by atoms with E-state index in [1.165, 1.54) is 30.5 Å². The average Bonchev–Trinajstić information content (AvgIpc) is 2.38. The molecule has 0 aliphatic rings. The van der Waals surface area contributed by atoms with E-state index in [9.17, 15) is 14.9 Å². The largest absolute Gasteiger partial charge is 0.478 e. The number of benzene rings is 1. The summed E-state index contributed by atoms with van der Waals surface area (Å²) in [5.41, 5.74) is 0.403. The van der Waals surface area contributed by atoms with Crippen molar-refractivity contribution in [3.05, 3.63) is 57.9 Å². The molecule has 0 fully saturated rings.